The van der Waals surface area contributed by atoms with Gasteiger partial charge in [-0.1, -0.05) is 0 Å². The average molecular weight is 302 g/mol. The molecule has 1 heterocycles. The second-order valence-corrected chi connectivity index (χ2v) is 7.31. The summed E-state index contributed by atoms with van der Waals surface area (Å²) >= 11 is 0. The standard InChI is InChI=1S/C11H21F3N2O2S/c1-19(17,18)8-2-7-16(9-11(12,13)14)10-3-5-15-6-4-10/h10,15H,2-9H2,1H3. The molecule has 4 nitrogen and oxygen atoms in total. The summed E-state index contributed by atoms with van der Waals surface area (Å²) in [5.41, 5.74) is 0. The number of hydrogen-bond donors (Lipinski definition) is 1. The van der Waals surface area contributed by atoms with Crippen LogP contribution in [0.2, 0.25) is 0 Å². The van der Waals surface area contributed by atoms with Gasteiger partial charge in [-0.2, -0.15) is 13.2 Å². The van der Waals surface area contributed by atoms with Gasteiger partial charge in [0, 0.05) is 12.3 Å². The molecule has 0 bridgehead atoms. The summed E-state index contributed by atoms with van der Waals surface area (Å²) in [5, 5.41) is 3.11. The maximum Gasteiger partial charge on any atom is 0.401 e. The zero-order chi connectivity index (χ0) is 14.5. The van der Waals surface area contributed by atoms with E-state index in [1.165, 1.54) is 4.90 Å². The van der Waals surface area contributed by atoms with Crippen LogP contribution in [0.1, 0.15) is 19.3 Å². The van der Waals surface area contributed by atoms with Crippen LogP contribution in [0.3, 0.4) is 0 Å². The second kappa shape index (κ2) is 6.90. The molecule has 0 atom stereocenters. The third-order valence-corrected chi connectivity index (χ3v) is 4.20. The first-order valence-electron chi connectivity index (χ1n) is 6.37. The van der Waals surface area contributed by atoms with Gasteiger partial charge in [-0.05, 0) is 38.9 Å². The van der Waals surface area contributed by atoms with Crippen molar-refractivity contribution in [2.24, 2.45) is 0 Å². The largest absolute Gasteiger partial charge is 0.401 e. The molecule has 0 aromatic rings. The Labute approximate surface area is 112 Å². The fourth-order valence-corrected chi connectivity index (χ4v) is 2.98. The molecule has 0 spiro atoms. The maximum atomic E-state index is 12.5. The number of hydrogen-bond acceptors (Lipinski definition) is 4. The fourth-order valence-electron chi connectivity index (χ4n) is 2.32. The summed E-state index contributed by atoms with van der Waals surface area (Å²) in [6.07, 6.45) is -1.54. The van der Waals surface area contributed by atoms with Gasteiger partial charge in [0.05, 0.1) is 12.3 Å². The highest BCUT2D eigenvalue weighted by molar-refractivity contribution is 7.90. The van der Waals surface area contributed by atoms with Crippen LogP contribution in [-0.4, -0.2) is 63.7 Å². The molecular formula is C11H21F3N2O2S. The smallest absolute Gasteiger partial charge is 0.317 e. The molecule has 1 aliphatic heterocycles. The van der Waals surface area contributed by atoms with Crippen molar-refractivity contribution in [3.63, 3.8) is 0 Å². The van der Waals surface area contributed by atoms with Crippen molar-refractivity contribution in [2.45, 2.75) is 31.5 Å². The Kier molecular flexibility index (Phi) is 6.07. The van der Waals surface area contributed by atoms with E-state index in [1.54, 1.807) is 0 Å². The van der Waals surface area contributed by atoms with Crippen molar-refractivity contribution >= 4 is 9.84 Å². The normalized spacial score (nSPS) is 19.0. The van der Waals surface area contributed by atoms with Gasteiger partial charge < -0.3 is 5.32 Å². The third-order valence-electron chi connectivity index (χ3n) is 3.17. The number of piperidine rings is 1. The lowest BCUT2D eigenvalue weighted by Gasteiger charge is -2.35. The highest BCUT2D eigenvalue weighted by Crippen LogP contribution is 2.21. The summed E-state index contributed by atoms with van der Waals surface area (Å²) in [7, 11) is -3.11. The molecule has 19 heavy (non-hydrogen) atoms. The Morgan fingerprint density at radius 1 is 1.26 bits per heavy atom. The van der Waals surface area contributed by atoms with E-state index >= 15 is 0 Å². The predicted octanol–water partition coefficient (Wildman–Crippen LogP) is 1.04. The zero-order valence-corrected chi connectivity index (χ0v) is 11.9. The SMILES string of the molecule is CS(=O)(=O)CCCN(CC(F)(F)F)C1CCNCC1. The van der Waals surface area contributed by atoms with Gasteiger partial charge in [0.25, 0.3) is 0 Å². The zero-order valence-electron chi connectivity index (χ0n) is 11.0. The first-order valence-corrected chi connectivity index (χ1v) is 8.43. The van der Waals surface area contributed by atoms with Crippen LogP contribution in [0.4, 0.5) is 13.2 Å². The summed E-state index contributed by atoms with van der Waals surface area (Å²) in [6, 6.07) is -0.109. The molecule has 1 saturated heterocycles. The summed E-state index contributed by atoms with van der Waals surface area (Å²) in [5.74, 6) is -0.0632. The molecule has 0 unspecified atom stereocenters. The number of halogens is 3. The molecule has 0 amide bonds. The number of alkyl halides is 3. The number of sulfone groups is 1. The molecule has 114 valence electrons. The first kappa shape index (κ1) is 16.7. The molecule has 0 aromatic carbocycles. The van der Waals surface area contributed by atoms with Crippen LogP contribution in [0, 0.1) is 0 Å². The van der Waals surface area contributed by atoms with Crippen LogP contribution < -0.4 is 5.32 Å². The molecule has 8 heteroatoms. The van der Waals surface area contributed by atoms with Gasteiger partial charge in [-0.25, -0.2) is 8.42 Å². The number of nitrogens with one attached hydrogen (secondary N) is 1. The molecule has 0 radical (unpaired) electrons. The van der Waals surface area contributed by atoms with Gasteiger partial charge in [-0.15, -0.1) is 0 Å². The Balaban J connectivity index is 2.53. The first-order chi connectivity index (χ1) is 8.67. The van der Waals surface area contributed by atoms with Gasteiger partial charge in [-0.3, -0.25) is 4.90 Å². The number of rotatable bonds is 6. The molecule has 1 rings (SSSR count). The molecule has 0 aromatic heterocycles. The topological polar surface area (TPSA) is 49.4 Å². The fraction of sp³-hybridized carbons (Fsp3) is 1.00. The maximum absolute atomic E-state index is 12.5. The van der Waals surface area contributed by atoms with Gasteiger partial charge >= 0.3 is 6.18 Å². The molecular weight excluding hydrogens is 281 g/mol. The van der Waals surface area contributed by atoms with E-state index in [0.29, 0.717) is 25.9 Å². The summed E-state index contributed by atoms with van der Waals surface area (Å²) in [6.45, 7) is 0.648. The lowest BCUT2D eigenvalue weighted by molar-refractivity contribution is -0.151. The Bertz CT molecular complexity index is 365. The van der Waals surface area contributed by atoms with E-state index in [1.807, 2.05) is 0 Å². The van der Waals surface area contributed by atoms with Crippen LogP contribution in [0.5, 0.6) is 0 Å². The van der Waals surface area contributed by atoms with Crippen molar-refractivity contribution in [2.75, 3.05) is 38.2 Å². The van der Waals surface area contributed by atoms with Gasteiger partial charge in [0.1, 0.15) is 9.84 Å². The monoisotopic (exact) mass is 302 g/mol. The minimum Gasteiger partial charge on any atom is -0.317 e. The molecule has 0 saturated carbocycles. The number of nitrogens with zero attached hydrogens (tertiary/aromatic N) is 1. The molecule has 1 aliphatic rings. The molecule has 1 fully saturated rings. The van der Waals surface area contributed by atoms with Crippen LogP contribution in [0.15, 0.2) is 0 Å². The van der Waals surface area contributed by atoms with Crippen molar-refractivity contribution < 1.29 is 21.6 Å². The van der Waals surface area contributed by atoms with Crippen molar-refractivity contribution in [1.29, 1.82) is 0 Å². The minimum absolute atomic E-state index is 0.0632. The van der Waals surface area contributed by atoms with Crippen molar-refractivity contribution in [3.8, 4) is 0 Å². The second-order valence-electron chi connectivity index (χ2n) is 5.05. The summed E-state index contributed by atoms with van der Waals surface area (Å²) < 4.78 is 59.7. The van der Waals surface area contributed by atoms with E-state index < -0.39 is 22.6 Å². The molecule has 1 N–H and O–H groups in total. The minimum atomic E-state index is -4.24. The predicted molar refractivity (Wildman–Crippen MR) is 67.8 cm³/mol. The summed E-state index contributed by atoms with van der Waals surface area (Å²) in [4.78, 5) is 1.38. The highest BCUT2D eigenvalue weighted by Gasteiger charge is 2.34. The van der Waals surface area contributed by atoms with E-state index in [-0.39, 0.29) is 24.8 Å². The van der Waals surface area contributed by atoms with Gasteiger partial charge in [0.15, 0.2) is 0 Å². The lowest BCUT2D eigenvalue weighted by atomic mass is 10.0. The average Bonchev–Trinajstić information content (AvgIpc) is 2.25. The quantitative estimate of drug-likeness (QED) is 0.796. The van der Waals surface area contributed by atoms with E-state index in [0.717, 1.165) is 6.26 Å². The van der Waals surface area contributed by atoms with Crippen LogP contribution >= 0.6 is 0 Å². The van der Waals surface area contributed by atoms with Crippen molar-refractivity contribution in [3.05, 3.63) is 0 Å². The third kappa shape index (κ3) is 7.74. The Morgan fingerprint density at radius 3 is 2.32 bits per heavy atom. The Hall–Kier alpha value is -0.340. The van der Waals surface area contributed by atoms with E-state index in [2.05, 4.69) is 5.32 Å². The van der Waals surface area contributed by atoms with Crippen LogP contribution in [-0.2, 0) is 9.84 Å². The van der Waals surface area contributed by atoms with Gasteiger partial charge in [0.2, 0.25) is 0 Å². The van der Waals surface area contributed by atoms with E-state index in [4.69, 9.17) is 0 Å². The van der Waals surface area contributed by atoms with Crippen LogP contribution in [0.25, 0.3) is 0 Å². The van der Waals surface area contributed by atoms with E-state index in [9.17, 15) is 21.6 Å². The van der Waals surface area contributed by atoms with Crippen molar-refractivity contribution in [1.82, 2.24) is 10.2 Å². The Morgan fingerprint density at radius 2 is 1.84 bits per heavy atom. The molecule has 0 aliphatic carbocycles. The lowest BCUT2D eigenvalue weighted by Crippen LogP contribution is -2.47. The highest BCUT2D eigenvalue weighted by atomic mass is 32.2.